The second-order valence-electron chi connectivity index (χ2n) is 0.238. The summed E-state index contributed by atoms with van der Waals surface area (Å²) in [6.07, 6.45) is 0. The zero-order valence-electron chi connectivity index (χ0n) is 2.42. The van der Waals surface area contributed by atoms with Gasteiger partial charge >= 0.3 is 10.1 Å². The molecule has 0 amide bonds. The van der Waals surface area contributed by atoms with Crippen LogP contribution in [0, 0.1) is 10.1 Å². The average Bonchev–Trinajstić information content (AvgIpc) is 0.811. The van der Waals surface area contributed by atoms with Crippen LogP contribution in [0.4, 0.5) is 0 Å². The van der Waals surface area contributed by atoms with Gasteiger partial charge in [0.15, 0.2) is 0 Å². The van der Waals surface area contributed by atoms with E-state index >= 15 is 0 Å². The molecule has 24 valence electrons. The summed E-state index contributed by atoms with van der Waals surface area (Å²) in [6, 6.07) is 0. The molecule has 4 nitrogen and oxygen atoms in total. The predicted octanol–water partition coefficient (Wildman–Crippen LogP) is -0.729. The van der Waals surface area contributed by atoms with Crippen LogP contribution in [0.2, 0.25) is 0 Å². The van der Waals surface area contributed by atoms with Gasteiger partial charge in [-0.05, 0) is 0 Å². The van der Waals surface area contributed by atoms with Gasteiger partial charge in [0, 0.05) is 0 Å². The minimum atomic E-state index is -1.50. The maximum absolute atomic E-state index is 8.36. The van der Waals surface area contributed by atoms with Crippen LogP contribution < -0.4 is 0 Å². The molecule has 0 heterocycles. The van der Waals surface area contributed by atoms with Gasteiger partial charge in [0.1, 0.15) is 0 Å². The third-order valence-electron chi connectivity index (χ3n) is 0. The maximum Gasteiger partial charge on any atom is 2.00 e. The fourth-order valence-electron chi connectivity index (χ4n) is 0. The minimum Gasteiger partial charge on any atom is -0.328 e. The van der Waals surface area contributed by atoms with Crippen molar-refractivity contribution in [3.8, 4) is 0 Å². The molecule has 0 atom stereocenters. The van der Waals surface area contributed by atoms with E-state index < -0.39 is 5.09 Å². The third-order valence-corrected chi connectivity index (χ3v) is 0. The number of rotatable bonds is 0. The van der Waals surface area contributed by atoms with E-state index in [1.54, 1.807) is 0 Å². The molecule has 0 fully saturated rings. The first-order valence-electron chi connectivity index (χ1n) is 0.565. The summed E-state index contributed by atoms with van der Waals surface area (Å²) in [7, 11) is 0. The summed E-state index contributed by atoms with van der Waals surface area (Å²) < 4.78 is 0. The molecule has 0 aromatic carbocycles. The van der Waals surface area contributed by atoms with Crippen LogP contribution in [0.15, 0.2) is 0 Å². The van der Waals surface area contributed by atoms with E-state index in [4.69, 9.17) is 15.3 Å². The maximum atomic E-state index is 8.36. The van der Waals surface area contributed by atoms with Crippen LogP contribution in [-0.2, 0) is 0 Å². The van der Waals surface area contributed by atoms with Crippen molar-refractivity contribution in [2.45, 2.75) is 0 Å². The van der Waals surface area contributed by atoms with Crippen molar-refractivity contribution in [1.82, 2.24) is 0 Å². The smallest absolute Gasteiger partial charge is 0.328 e. The van der Waals surface area contributed by atoms with Gasteiger partial charge in [-0.1, -0.05) is 0 Å². The molecule has 0 saturated heterocycles. The van der Waals surface area contributed by atoms with Crippen LogP contribution in [0.3, 0.4) is 0 Å². The van der Waals surface area contributed by atoms with Crippen LogP contribution in [0.25, 0.3) is 0 Å². The Labute approximate surface area is 31.7 Å². The predicted molar refractivity (Wildman–Crippen MR) is 14.5 cm³/mol. The standard InChI is InChI=1S/Be.HNO3/c;2-1(3)4/h;(H,2,3,4)/q+2;. The number of hydrogen-bond acceptors (Lipinski definition) is 2. The van der Waals surface area contributed by atoms with Crippen molar-refractivity contribution in [2.24, 2.45) is 0 Å². The van der Waals surface area contributed by atoms with E-state index in [0.717, 1.165) is 0 Å². The zero-order chi connectivity index (χ0) is 3.58. The molecule has 5 heavy (non-hydrogen) atoms. The van der Waals surface area contributed by atoms with E-state index in [-0.39, 0.29) is 10.1 Å². The molecule has 0 rings (SSSR count). The molecule has 0 unspecified atom stereocenters. The molecule has 0 spiro atoms. The van der Waals surface area contributed by atoms with Crippen LogP contribution in [-0.4, -0.2) is 20.4 Å². The Morgan fingerprint density at radius 2 is 1.80 bits per heavy atom. The minimum absolute atomic E-state index is 0. The molecule has 0 aliphatic rings. The molecule has 0 aromatic rings. The van der Waals surface area contributed by atoms with Crippen molar-refractivity contribution in [3.05, 3.63) is 10.1 Å². The Hall–Kier alpha value is -0.631. The van der Waals surface area contributed by atoms with Gasteiger partial charge < -0.3 is 5.21 Å². The van der Waals surface area contributed by atoms with Crippen molar-refractivity contribution in [3.63, 3.8) is 0 Å². The summed E-state index contributed by atoms with van der Waals surface area (Å²) in [5, 5.41) is 13.6. The van der Waals surface area contributed by atoms with Gasteiger partial charge in [0.25, 0.3) is 5.09 Å². The Morgan fingerprint density at radius 1 is 1.80 bits per heavy atom. The largest absolute Gasteiger partial charge is 2.00 e. The Morgan fingerprint density at radius 3 is 1.80 bits per heavy atom. The molecule has 0 saturated carbocycles. The molecule has 0 radical (unpaired) electrons. The number of hydrogen-bond donors (Lipinski definition) is 1. The van der Waals surface area contributed by atoms with E-state index in [2.05, 4.69) is 0 Å². The first-order chi connectivity index (χ1) is 1.73. The van der Waals surface area contributed by atoms with Crippen molar-refractivity contribution in [1.29, 1.82) is 0 Å². The van der Waals surface area contributed by atoms with Crippen LogP contribution in [0.5, 0.6) is 0 Å². The SMILES string of the molecule is O=[N+]([O-])O.[Be+2]. The van der Waals surface area contributed by atoms with E-state index in [1.807, 2.05) is 0 Å². The quantitative estimate of drug-likeness (QED) is 0.233. The molecule has 5 heteroatoms. The molecule has 0 aliphatic heterocycles. The van der Waals surface area contributed by atoms with Crippen LogP contribution in [0.1, 0.15) is 0 Å². The number of nitrogens with zero attached hydrogens (tertiary/aromatic N) is 1. The van der Waals surface area contributed by atoms with Gasteiger partial charge in [-0.3, -0.25) is 0 Å². The van der Waals surface area contributed by atoms with Crippen molar-refractivity contribution in [2.75, 3.05) is 0 Å². The van der Waals surface area contributed by atoms with Gasteiger partial charge in [-0.15, -0.1) is 10.1 Å². The van der Waals surface area contributed by atoms with Gasteiger partial charge in [-0.25, -0.2) is 0 Å². The van der Waals surface area contributed by atoms with E-state index in [1.165, 1.54) is 0 Å². The Kier molecular flexibility index (Phi) is 5.95. The van der Waals surface area contributed by atoms with Gasteiger partial charge in [0.2, 0.25) is 0 Å². The Balaban J connectivity index is 0. The summed E-state index contributed by atoms with van der Waals surface area (Å²) >= 11 is 0. The summed E-state index contributed by atoms with van der Waals surface area (Å²) in [4.78, 5) is 8.36. The van der Waals surface area contributed by atoms with Crippen LogP contribution >= 0.6 is 0 Å². The third kappa shape index (κ3) is 15.8. The molecular weight excluding hydrogens is 71.0 g/mol. The molecule has 0 aliphatic carbocycles. The monoisotopic (exact) mass is 72.0 g/mol. The fraction of sp³-hybridized carbons (Fsp3) is 0. The first kappa shape index (κ1) is 8.84. The van der Waals surface area contributed by atoms with Gasteiger partial charge in [-0.2, -0.15) is 0 Å². The molecule has 1 N–H and O–H groups in total. The first-order valence-corrected chi connectivity index (χ1v) is 0.565. The Bertz CT molecular complexity index is 29.9. The summed E-state index contributed by atoms with van der Waals surface area (Å²) in [5.74, 6) is 0. The van der Waals surface area contributed by atoms with Crippen molar-refractivity contribution < 1.29 is 10.3 Å². The fourth-order valence-corrected chi connectivity index (χ4v) is 0. The molecule has 0 bridgehead atoms. The van der Waals surface area contributed by atoms with Crippen molar-refractivity contribution >= 4 is 10.1 Å². The molecular formula is HBeNO3+2. The summed E-state index contributed by atoms with van der Waals surface area (Å²) in [5.41, 5.74) is 0. The average molecular weight is 72.0 g/mol. The van der Waals surface area contributed by atoms with E-state index in [9.17, 15) is 0 Å². The zero-order valence-corrected chi connectivity index (χ0v) is 2.42. The second kappa shape index (κ2) is 3.37. The van der Waals surface area contributed by atoms with Gasteiger partial charge in [0.05, 0.1) is 0 Å². The van der Waals surface area contributed by atoms with E-state index in [0.29, 0.717) is 0 Å². The molecule has 0 aromatic heterocycles. The normalized spacial score (nSPS) is 4.80. The second-order valence-corrected chi connectivity index (χ2v) is 0.238. The summed E-state index contributed by atoms with van der Waals surface area (Å²) in [6.45, 7) is 0. The topological polar surface area (TPSA) is 63.4 Å².